The SMILES string of the molecule is O=C(NN(C(=O)c1cccc(F)c1)C1CC(=O)N(c2ccc3c(c2)OCO3)C1=O)c1ccccc1. The lowest BCUT2D eigenvalue weighted by Gasteiger charge is -2.28. The van der Waals surface area contributed by atoms with E-state index in [4.69, 9.17) is 9.47 Å². The molecule has 0 bridgehead atoms. The second-order valence-corrected chi connectivity index (χ2v) is 7.82. The molecule has 9 nitrogen and oxygen atoms in total. The van der Waals surface area contributed by atoms with E-state index < -0.39 is 35.5 Å². The number of hydrogen-bond acceptors (Lipinski definition) is 6. The fourth-order valence-corrected chi connectivity index (χ4v) is 3.91. The van der Waals surface area contributed by atoms with Gasteiger partial charge in [0.25, 0.3) is 17.7 Å². The van der Waals surface area contributed by atoms with Crippen LogP contribution in [0.25, 0.3) is 0 Å². The van der Waals surface area contributed by atoms with Gasteiger partial charge in [0, 0.05) is 17.2 Å². The second-order valence-electron chi connectivity index (χ2n) is 7.82. The van der Waals surface area contributed by atoms with E-state index in [1.165, 1.54) is 36.4 Å². The number of anilines is 1. The Kier molecular flexibility index (Phi) is 5.61. The molecule has 2 heterocycles. The number of rotatable bonds is 4. The zero-order valence-corrected chi connectivity index (χ0v) is 18.1. The lowest BCUT2D eigenvalue weighted by atomic mass is 10.1. The Hall–Kier alpha value is -4.73. The van der Waals surface area contributed by atoms with Crippen LogP contribution in [-0.4, -0.2) is 41.5 Å². The first-order valence-corrected chi connectivity index (χ1v) is 10.6. The zero-order chi connectivity index (χ0) is 24.5. The number of halogens is 1. The van der Waals surface area contributed by atoms with Crippen LogP contribution in [0.2, 0.25) is 0 Å². The third-order valence-corrected chi connectivity index (χ3v) is 5.60. The number of imide groups is 1. The summed E-state index contributed by atoms with van der Waals surface area (Å²) in [6.07, 6.45) is -0.386. The highest BCUT2D eigenvalue weighted by atomic mass is 19.1. The number of amides is 4. The molecule has 2 aliphatic heterocycles. The average molecular weight is 475 g/mol. The highest BCUT2D eigenvalue weighted by Crippen LogP contribution is 2.37. The van der Waals surface area contributed by atoms with Crippen molar-refractivity contribution in [3.8, 4) is 11.5 Å². The predicted molar refractivity (Wildman–Crippen MR) is 120 cm³/mol. The second kappa shape index (κ2) is 8.90. The van der Waals surface area contributed by atoms with Crippen molar-refractivity contribution >= 4 is 29.3 Å². The van der Waals surface area contributed by atoms with Crippen LogP contribution >= 0.6 is 0 Å². The minimum absolute atomic E-state index is 0.0186. The van der Waals surface area contributed by atoms with E-state index in [0.717, 1.165) is 22.0 Å². The maximum atomic E-state index is 13.8. The molecule has 1 N–H and O–H groups in total. The number of hydrogen-bond donors (Lipinski definition) is 1. The quantitative estimate of drug-likeness (QED) is 0.460. The number of benzene rings is 3. The van der Waals surface area contributed by atoms with Crippen LogP contribution in [0.1, 0.15) is 27.1 Å². The first kappa shape index (κ1) is 22.1. The minimum atomic E-state index is -1.35. The molecular formula is C25H18FN3O6. The highest BCUT2D eigenvalue weighted by Gasteiger charge is 2.46. The molecule has 0 aliphatic carbocycles. The third kappa shape index (κ3) is 4.17. The van der Waals surface area contributed by atoms with Crippen molar-refractivity contribution < 1.29 is 33.0 Å². The van der Waals surface area contributed by atoms with E-state index in [2.05, 4.69) is 5.43 Å². The first-order chi connectivity index (χ1) is 16.9. The maximum Gasteiger partial charge on any atom is 0.273 e. The van der Waals surface area contributed by atoms with Crippen molar-refractivity contribution in [2.45, 2.75) is 12.5 Å². The summed E-state index contributed by atoms with van der Waals surface area (Å²) in [5, 5.41) is 0.789. The van der Waals surface area contributed by atoms with E-state index in [1.54, 1.807) is 24.3 Å². The number of fused-ring (bicyclic) bond motifs is 1. The Morgan fingerprint density at radius 2 is 1.66 bits per heavy atom. The van der Waals surface area contributed by atoms with Crippen molar-refractivity contribution in [3.05, 3.63) is 89.7 Å². The molecule has 1 saturated heterocycles. The van der Waals surface area contributed by atoms with Gasteiger partial charge in [-0.1, -0.05) is 24.3 Å². The molecule has 1 fully saturated rings. The standard InChI is InChI=1S/C25H18FN3O6/c26-17-8-4-7-16(11-17)24(32)29(27-23(31)15-5-2-1-3-6-15)19-13-22(30)28(25(19)33)18-9-10-20-21(12-18)35-14-34-20/h1-12,19H,13-14H2,(H,27,31). The molecule has 4 amide bonds. The number of nitrogens with zero attached hydrogens (tertiary/aromatic N) is 2. The lowest BCUT2D eigenvalue weighted by Crippen LogP contribution is -2.54. The van der Waals surface area contributed by atoms with Gasteiger partial charge in [0.15, 0.2) is 11.5 Å². The minimum Gasteiger partial charge on any atom is -0.454 e. The van der Waals surface area contributed by atoms with Gasteiger partial charge in [0.05, 0.1) is 12.1 Å². The molecule has 10 heteroatoms. The lowest BCUT2D eigenvalue weighted by molar-refractivity contribution is -0.122. The zero-order valence-electron chi connectivity index (χ0n) is 18.1. The molecule has 0 radical (unpaired) electrons. The predicted octanol–water partition coefficient (Wildman–Crippen LogP) is 2.67. The molecule has 3 aromatic carbocycles. The summed E-state index contributed by atoms with van der Waals surface area (Å²) >= 11 is 0. The van der Waals surface area contributed by atoms with Crippen LogP contribution < -0.4 is 19.8 Å². The highest BCUT2D eigenvalue weighted by molar-refractivity contribution is 6.23. The van der Waals surface area contributed by atoms with Crippen LogP contribution in [0.5, 0.6) is 11.5 Å². The number of ether oxygens (including phenoxy) is 2. The smallest absolute Gasteiger partial charge is 0.273 e. The maximum absolute atomic E-state index is 13.8. The van der Waals surface area contributed by atoms with Crippen molar-refractivity contribution in [1.82, 2.24) is 10.4 Å². The molecule has 3 aromatic rings. The molecule has 176 valence electrons. The topological polar surface area (TPSA) is 105 Å². The van der Waals surface area contributed by atoms with E-state index in [-0.39, 0.29) is 30.0 Å². The summed E-state index contributed by atoms with van der Waals surface area (Å²) in [4.78, 5) is 53.4. The fourth-order valence-electron chi connectivity index (χ4n) is 3.91. The Morgan fingerprint density at radius 3 is 2.43 bits per heavy atom. The van der Waals surface area contributed by atoms with Gasteiger partial charge >= 0.3 is 0 Å². The van der Waals surface area contributed by atoms with Gasteiger partial charge in [-0.15, -0.1) is 0 Å². The fraction of sp³-hybridized carbons (Fsp3) is 0.120. The summed E-state index contributed by atoms with van der Waals surface area (Å²) in [7, 11) is 0. The number of carbonyl (C=O) groups excluding carboxylic acids is 4. The first-order valence-electron chi connectivity index (χ1n) is 10.6. The van der Waals surface area contributed by atoms with Gasteiger partial charge in [0.2, 0.25) is 12.7 Å². The largest absolute Gasteiger partial charge is 0.454 e. The average Bonchev–Trinajstić information content (AvgIpc) is 3.45. The number of hydrazine groups is 1. The molecule has 1 unspecified atom stereocenters. The van der Waals surface area contributed by atoms with Crippen LogP contribution in [0.15, 0.2) is 72.8 Å². The summed E-state index contributed by atoms with van der Waals surface area (Å²) in [5.41, 5.74) is 2.80. The molecular weight excluding hydrogens is 457 g/mol. The van der Waals surface area contributed by atoms with Gasteiger partial charge in [-0.2, -0.15) is 0 Å². The molecule has 2 aliphatic rings. The van der Waals surface area contributed by atoms with Crippen LogP contribution in [0.4, 0.5) is 10.1 Å². The Balaban J connectivity index is 1.48. The van der Waals surface area contributed by atoms with Gasteiger partial charge in [0.1, 0.15) is 11.9 Å². The molecule has 0 saturated carbocycles. The summed E-state index contributed by atoms with van der Waals surface area (Å²) in [5.74, 6) is -2.64. The Morgan fingerprint density at radius 1 is 0.914 bits per heavy atom. The van der Waals surface area contributed by atoms with Crippen LogP contribution in [0, 0.1) is 5.82 Å². The van der Waals surface area contributed by atoms with Crippen LogP contribution in [0.3, 0.4) is 0 Å². The Bertz CT molecular complexity index is 1350. The summed E-state index contributed by atoms with van der Waals surface area (Å²) < 4.78 is 24.4. The van der Waals surface area contributed by atoms with Crippen molar-refractivity contribution in [2.24, 2.45) is 0 Å². The van der Waals surface area contributed by atoms with Crippen LogP contribution in [-0.2, 0) is 9.59 Å². The van der Waals surface area contributed by atoms with Gasteiger partial charge in [-0.05, 0) is 42.5 Å². The van der Waals surface area contributed by atoms with Gasteiger partial charge in [-0.25, -0.2) is 14.3 Å². The third-order valence-electron chi connectivity index (χ3n) is 5.60. The molecule has 0 spiro atoms. The number of carbonyl (C=O) groups is 4. The van der Waals surface area contributed by atoms with Crippen molar-refractivity contribution in [2.75, 3.05) is 11.7 Å². The monoisotopic (exact) mass is 475 g/mol. The van der Waals surface area contributed by atoms with E-state index in [9.17, 15) is 23.6 Å². The summed E-state index contributed by atoms with van der Waals surface area (Å²) in [6, 6.07) is 16.1. The molecule has 0 aromatic heterocycles. The molecule has 35 heavy (non-hydrogen) atoms. The molecule has 5 rings (SSSR count). The molecule has 1 atom stereocenters. The van der Waals surface area contributed by atoms with Crippen molar-refractivity contribution in [3.63, 3.8) is 0 Å². The van der Waals surface area contributed by atoms with E-state index in [0.29, 0.717) is 11.5 Å². The normalized spacial score (nSPS) is 16.4. The van der Waals surface area contributed by atoms with Gasteiger partial charge < -0.3 is 9.47 Å². The van der Waals surface area contributed by atoms with E-state index >= 15 is 0 Å². The van der Waals surface area contributed by atoms with E-state index in [1.807, 2.05) is 0 Å². The Labute approximate surface area is 198 Å². The van der Waals surface area contributed by atoms with Gasteiger partial charge in [-0.3, -0.25) is 24.6 Å². The summed E-state index contributed by atoms with van der Waals surface area (Å²) in [6.45, 7) is 0.0186. The number of nitrogens with one attached hydrogen (secondary N) is 1. The van der Waals surface area contributed by atoms with Crippen molar-refractivity contribution in [1.29, 1.82) is 0 Å².